The highest BCUT2D eigenvalue weighted by Gasteiger charge is 2.30. The first-order valence-electron chi connectivity index (χ1n) is 6.78. The Morgan fingerprint density at radius 2 is 2.00 bits per heavy atom. The van der Waals surface area contributed by atoms with Gasteiger partial charge in [0.25, 0.3) is 0 Å². The number of esters is 1. The van der Waals surface area contributed by atoms with Gasteiger partial charge in [-0.3, -0.25) is 14.5 Å². The van der Waals surface area contributed by atoms with Gasteiger partial charge in [0.1, 0.15) is 6.10 Å². The minimum absolute atomic E-state index is 0.0155. The van der Waals surface area contributed by atoms with Gasteiger partial charge in [-0.2, -0.15) is 0 Å². The van der Waals surface area contributed by atoms with Gasteiger partial charge in [-0.25, -0.2) is 0 Å². The normalized spacial score (nSPS) is 23.3. The van der Waals surface area contributed by atoms with Crippen molar-refractivity contribution in [3.8, 4) is 11.8 Å². The van der Waals surface area contributed by atoms with E-state index in [0.717, 1.165) is 19.6 Å². The third-order valence-electron chi connectivity index (χ3n) is 3.41. The van der Waals surface area contributed by atoms with Crippen LogP contribution in [0.5, 0.6) is 0 Å². The molecule has 1 amide bonds. The van der Waals surface area contributed by atoms with Crippen LogP contribution in [0.4, 0.5) is 0 Å². The van der Waals surface area contributed by atoms with Gasteiger partial charge in [0, 0.05) is 6.92 Å². The molecule has 1 atom stereocenters. The summed E-state index contributed by atoms with van der Waals surface area (Å²) in [6.07, 6.45) is 2.51. The molecule has 0 spiro atoms. The molecular weight excluding hydrogens is 244 g/mol. The molecule has 104 valence electrons. The molecule has 0 saturated carbocycles. The molecule has 5 heteroatoms. The molecule has 2 rings (SSSR count). The Kier molecular flexibility index (Phi) is 4.80. The number of hydrogen-bond acceptors (Lipinski definition) is 4. The van der Waals surface area contributed by atoms with Gasteiger partial charge in [-0.05, 0) is 25.9 Å². The maximum atomic E-state index is 11.7. The lowest BCUT2D eigenvalue weighted by Gasteiger charge is -2.13. The van der Waals surface area contributed by atoms with Crippen LogP contribution in [-0.4, -0.2) is 60.5 Å². The van der Waals surface area contributed by atoms with Crippen LogP contribution >= 0.6 is 0 Å². The van der Waals surface area contributed by atoms with Crippen molar-refractivity contribution >= 4 is 11.9 Å². The van der Waals surface area contributed by atoms with Crippen molar-refractivity contribution in [2.24, 2.45) is 0 Å². The summed E-state index contributed by atoms with van der Waals surface area (Å²) >= 11 is 0. The first-order chi connectivity index (χ1) is 9.15. The van der Waals surface area contributed by atoms with Gasteiger partial charge >= 0.3 is 5.97 Å². The van der Waals surface area contributed by atoms with Crippen LogP contribution in [0.15, 0.2) is 0 Å². The van der Waals surface area contributed by atoms with Gasteiger partial charge in [0.2, 0.25) is 5.91 Å². The second-order valence-electron chi connectivity index (χ2n) is 5.05. The van der Waals surface area contributed by atoms with Crippen LogP contribution < -0.4 is 0 Å². The molecule has 5 nitrogen and oxygen atoms in total. The molecule has 2 heterocycles. The summed E-state index contributed by atoms with van der Waals surface area (Å²) in [5.41, 5.74) is 0. The highest BCUT2D eigenvalue weighted by molar-refractivity contribution is 5.80. The first-order valence-corrected chi connectivity index (χ1v) is 6.78. The molecular formula is C14H20N2O3. The third-order valence-corrected chi connectivity index (χ3v) is 3.41. The Morgan fingerprint density at radius 1 is 1.32 bits per heavy atom. The maximum absolute atomic E-state index is 11.7. The Balaban J connectivity index is 1.72. The number of likely N-dealkylation sites (tertiary alicyclic amines) is 2. The number of rotatable bonds is 3. The van der Waals surface area contributed by atoms with Crippen molar-refractivity contribution in [3.63, 3.8) is 0 Å². The van der Waals surface area contributed by atoms with E-state index in [4.69, 9.17) is 4.74 Å². The Labute approximate surface area is 113 Å². The highest BCUT2D eigenvalue weighted by atomic mass is 16.5. The summed E-state index contributed by atoms with van der Waals surface area (Å²) in [4.78, 5) is 26.5. The van der Waals surface area contributed by atoms with E-state index >= 15 is 0 Å². The van der Waals surface area contributed by atoms with Crippen LogP contribution in [0.3, 0.4) is 0 Å². The van der Waals surface area contributed by atoms with Gasteiger partial charge in [-0.1, -0.05) is 11.8 Å². The van der Waals surface area contributed by atoms with E-state index in [9.17, 15) is 9.59 Å². The molecule has 2 fully saturated rings. The number of nitrogens with zero attached hydrogens (tertiary/aromatic N) is 2. The SMILES string of the molecule is CC(=O)O[C@H]1CC(=O)N(CC#CCN2CCCC2)C1. The second kappa shape index (κ2) is 6.58. The lowest BCUT2D eigenvalue weighted by atomic mass is 10.3. The lowest BCUT2D eigenvalue weighted by Crippen LogP contribution is -2.27. The molecule has 0 aromatic rings. The molecule has 2 saturated heterocycles. The average molecular weight is 264 g/mol. The van der Waals surface area contributed by atoms with Crippen molar-refractivity contribution in [1.29, 1.82) is 0 Å². The number of ether oxygens (including phenoxy) is 1. The van der Waals surface area contributed by atoms with Crippen molar-refractivity contribution in [1.82, 2.24) is 9.80 Å². The minimum atomic E-state index is -0.334. The smallest absolute Gasteiger partial charge is 0.302 e. The Hall–Kier alpha value is -1.54. The fourth-order valence-electron chi connectivity index (χ4n) is 2.46. The zero-order valence-corrected chi connectivity index (χ0v) is 11.4. The highest BCUT2D eigenvalue weighted by Crippen LogP contribution is 2.13. The molecule has 0 unspecified atom stereocenters. The van der Waals surface area contributed by atoms with E-state index in [-0.39, 0.29) is 24.4 Å². The quantitative estimate of drug-likeness (QED) is 0.541. The molecule has 2 aliphatic heterocycles. The largest absolute Gasteiger partial charge is 0.460 e. The molecule has 0 aromatic carbocycles. The molecule has 2 aliphatic rings. The molecule has 0 aliphatic carbocycles. The monoisotopic (exact) mass is 264 g/mol. The molecule has 0 N–H and O–H groups in total. The van der Waals surface area contributed by atoms with Gasteiger partial charge in [0.05, 0.1) is 26.1 Å². The van der Waals surface area contributed by atoms with E-state index in [0.29, 0.717) is 13.1 Å². The third kappa shape index (κ3) is 4.25. The number of carbonyl (C=O) groups excluding carboxylic acids is 2. The molecule has 19 heavy (non-hydrogen) atoms. The second-order valence-corrected chi connectivity index (χ2v) is 5.05. The standard InChI is InChI=1S/C14H20N2O3/c1-12(17)19-13-10-14(18)16(11-13)9-5-4-8-15-6-2-3-7-15/h13H,2-3,6-11H2,1H3/t13-/m0/s1. The van der Waals surface area contributed by atoms with E-state index in [2.05, 4.69) is 16.7 Å². The van der Waals surface area contributed by atoms with Gasteiger partial charge in [-0.15, -0.1) is 0 Å². The van der Waals surface area contributed by atoms with Crippen molar-refractivity contribution in [2.75, 3.05) is 32.7 Å². The fourth-order valence-corrected chi connectivity index (χ4v) is 2.46. The zero-order valence-electron chi connectivity index (χ0n) is 11.4. The summed E-state index contributed by atoms with van der Waals surface area (Å²) in [6.45, 7) is 5.32. The number of amides is 1. The van der Waals surface area contributed by atoms with Crippen molar-refractivity contribution in [3.05, 3.63) is 0 Å². The molecule has 0 radical (unpaired) electrons. The minimum Gasteiger partial charge on any atom is -0.460 e. The summed E-state index contributed by atoms with van der Waals surface area (Å²) in [5, 5.41) is 0. The number of hydrogen-bond donors (Lipinski definition) is 0. The molecule has 0 bridgehead atoms. The average Bonchev–Trinajstić information content (AvgIpc) is 2.94. The van der Waals surface area contributed by atoms with E-state index in [1.807, 2.05) is 0 Å². The summed E-state index contributed by atoms with van der Waals surface area (Å²) in [6, 6.07) is 0. The predicted molar refractivity (Wildman–Crippen MR) is 70.2 cm³/mol. The van der Waals surface area contributed by atoms with Crippen molar-refractivity contribution < 1.29 is 14.3 Å². The predicted octanol–water partition coefficient (Wildman–Crippen LogP) is 0.250. The van der Waals surface area contributed by atoms with E-state index in [1.54, 1.807) is 4.90 Å². The van der Waals surface area contributed by atoms with Crippen molar-refractivity contribution in [2.45, 2.75) is 32.3 Å². The van der Waals surface area contributed by atoms with Gasteiger partial charge in [0.15, 0.2) is 0 Å². The first kappa shape index (κ1) is 13.9. The summed E-state index contributed by atoms with van der Waals surface area (Å²) < 4.78 is 5.04. The van der Waals surface area contributed by atoms with Gasteiger partial charge < -0.3 is 9.64 Å². The zero-order chi connectivity index (χ0) is 13.7. The topological polar surface area (TPSA) is 49.9 Å². The fraction of sp³-hybridized carbons (Fsp3) is 0.714. The van der Waals surface area contributed by atoms with E-state index in [1.165, 1.54) is 19.8 Å². The Bertz CT molecular complexity index is 405. The van der Waals surface area contributed by atoms with E-state index < -0.39 is 0 Å². The number of carbonyl (C=O) groups is 2. The van der Waals surface area contributed by atoms with Crippen LogP contribution in [0.25, 0.3) is 0 Å². The van der Waals surface area contributed by atoms with Crippen LogP contribution in [0.2, 0.25) is 0 Å². The maximum Gasteiger partial charge on any atom is 0.302 e. The summed E-state index contributed by atoms with van der Waals surface area (Å²) in [5.74, 6) is 5.82. The summed E-state index contributed by atoms with van der Waals surface area (Å²) in [7, 11) is 0. The van der Waals surface area contributed by atoms with Crippen LogP contribution in [0.1, 0.15) is 26.2 Å². The van der Waals surface area contributed by atoms with Crippen LogP contribution in [-0.2, 0) is 14.3 Å². The molecule has 0 aromatic heterocycles. The van der Waals surface area contributed by atoms with Crippen LogP contribution in [0, 0.1) is 11.8 Å². The Morgan fingerprint density at radius 3 is 2.68 bits per heavy atom. The lowest BCUT2D eigenvalue weighted by molar-refractivity contribution is -0.145.